The third-order valence-electron chi connectivity index (χ3n) is 4.41. The van der Waals surface area contributed by atoms with Gasteiger partial charge in [-0.1, -0.05) is 18.2 Å². The summed E-state index contributed by atoms with van der Waals surface area (Å²) in [6, 6.07) is 15.9. The van der Waals surface area contributed by atoms with Crippen molar-refractivity contribution in [2.45, 2.75) is 0 Å². The molecule has 0 aliphatic rings. The number of nitrogens with one attached hydrogen (secondary N) is 3. The van der Waals surface area contributed by atoms with Gasteiger partial charge in [0.2, 0.25) is 5.82 Å². The van der Waals surface area contributed by atoms with Crippen LogP contribution in [-0.4, -0.2) is 33.2 Å². The van der Waals surface area contributed by atoms with Gasteiger partial charge in [-0.25, -0.2) is 18.9 Å². The van der Waals surface area contributed by atoms with Gasteiger partial charge in [0, 0.05) is 17.9 Å². The van der Waals surface area contributed by atoms with Crippen molar-refractivity contribution in [3.8, 4) is 16.4 Å². The summed E-state index contributed by atoms with van der Waals surface area (Å²) in [6.07, 6.45) is 1.58. The molecule has 33 heavy (non-hydrogen) atoms. The van der Waals surface area contributed by atoms with Crippen molar-refractivity contribution in [1.82, 2.24) is 20.1 Å². The molecule has 166 valence electrons. The molecular formula is C23H19FN6O2S. The first-order valence-electron chi connectivity index (χ1n) is 9.87. The van der Waals surface area contributed by atoms with Crippen LogP contribution in [0.4, 0.5) is 20.6 Å². The van der Waals surface area contributed by atoms with Gasteiger partial charge in [0.25, 0.3) is 5.91 Å². The van der Waals surface area contributed by atoms with E-state index in [1.807, 2.05) is 17.5 Å². The molecule has 2 aromatic heterocycles. The molecule has 0 unspecified atom stereocenters. The van der Waals surface area contributed by atoms with E-state index in [-0.39, 0.29) is 11.9 Å². The van der Waals surface area contributed by atoms with E-state index in [4.69, 9.17) is 0 Å². The molecule has 0 saturated heterocycles. The molecule has 0 atom stereocenters. The van der Waals surface area contributed by atoms with E-state index in [0.29, 0.717) is 29.4 Å². The van der Waals surface area contributed by atoms with Crippen LogP contribution in [0, 0.1) is 5.82 Å². The van der Waals surface area contributed by atoms with E-state index in [9.17, 15) is 14.0 Å². The fraction of sp³-hybridized carbons (Fsp3) is 0.0435. The molecule has 0 aliphatic heterocycles. The van der Waals surface area contributed by atoms with E-state index in [1.165, 1.54) is 28.2 Å². The van der Waals surface area contributed by atoms with Gasteiger partial charge in [-0.2, -0.15) is 0 Å². The van der Waals surface area contributed by atoms with Gasteiger partial charge in [0.1, 0.15) is 5.82 Å². The van der Waals surface area contributed by atoms with E-state index in [0.717, 1.165) is 4.88 Å². The van der Waals surface area contributed by atoms with Crippen LogP contribution in [0.1, 0.15) is 10.6 Å². The molecule has 0 fully saturated rings. The summed E-state index contributed by atoms with van der Waals surface area (Å²) < 4.78 is 15.2. The van der Waals surface area contributed by atoms with Crippen molar-refractivity contribution in [3.05, 3.63) is 90.3 Å². The molecule has 0 radical (unpaired) electrons. The third-order valence-corrected chi connectivity index (χ3v) is 5.28. The molecule has 10 heteroatoms. The fourth-order valence-corrected chi connectivity index (χ4v) is 3.62. The summed E-state index contributed by atoms with van der Waals surface area (Å²) in [7, 11) is 0. The maximum atomic E-state index is 13.8. The zero-order valence-electron chi connectivity index (χ0n) is 17.3. The average Bonchev–Trinajstić information content (AvgIpc) is 3.49. The highest BCUT2D eigenvalue weighted by atomic mass is 32.1. The number of amides is 3. The van der Waals surface area contributed by atoms with Crippen molar-refractivity contribution >= 4 is 34.6 Å². The number of rotatable bonds is 7. The van der Waals surface area contributed by atoms with Crippen LogP contribution in [0.5, 0.6) is 0 Å². The largest absolute Gasteiger partial charge is 0.334 e. The number of anilines is 2. The third kappa shape index (κ3) is 5.31. The summed E-state index contributed by atoms with van der Waals surface area (Å²) in [5, 5.41) is 14.2. The van der Waals surface area contributed by atoms with Crippen molar-refractivity contribution in [3.63, 3.8) is 0 Å². The highest BCUT2D eigenvalue weighted by Gasteiger charge is 2.20. The highest BCUT2D eigenvalue weighted by Crippen LogP contribution is 2.26. The maximum absolute atomic E-state index is 13.8. The number of urea groups is 1. The summed E-state index contributed by atoms with van der Waals surface area (Å²) >= 11 is 1.44. The lowest BCUT2D eigenvalue weighted by atomic mass is 10.3. The molecular weight excluding hydrogens is 443 g/mol. The Morgan fingerprint density at radius 2 is 1.82 bits per heavy atom. The van der Waals surface area contributed by atoms with Gasteiger partial charge in [-0.05, 0) is 53.9 Å². The van der Waals surface area contributed by atoms with Crippen LogP contribution in [0.15, 0.2) is 78.7 Å². The Hall–Kier alpha value is -4.31. The first kappa shape index (κ1) is 21.9. The molecule has 0 aliphatic carbocycles. The Morgan fingerprint density at radius 3 is 2.48 bits per heavy atom. The predicted molar refractivity (Wildman–Crippen MR) is 126 cm³/mol. The number of benzene rings is 2. The predicted octanol–water partition coefficient (Wildman–Crippen LogP) is 4.69. The summed E-state index contributed by atoms with van der Waals surface area (Å²) in [4.78, 5) is 29.7. The topological polar surface area (TPSA) is 101 Å². The minimum atomic E-state index is -0.521. The molecule has 8 nitrogen and oxygen atoms in total. The number of halogens is 1. The molecule has 4 aromatic rings. The Labute approximate surface area is 192 Å². The normalized spacial score (nSPS) is 10.5. The summed E-state index contributed by atoms with van der Waals surface area (Å²) in [6.45, 7) is 3.89. The number of hydrogen-bond acceptors (Lipinski definition) is 5. The number of hydrogen-bond donors (Lipinski definition) is 3. The molecule has 2 heterocycles. The maximum Gasteiger partial charge on any atom is 0.319 e. The summed E-state index contributed by atoms with van der Waals surface area (Å²) in [5.74, 6) is -0.565. The number of aromatic nitrogens is 3. The highest BCUT2D eigenvalue weighted by molar-refractivity contribution is 7.13. The lowest BCUT2D eigenvalue weighted by molar-refractivity contribution is 0.101. The number of carbonyl (C=O) groups excluding carboxylic acids is 2. The average molecular weight is 463 g/mol. The van der Waals surface area contributed by atoms with E-state index in [2.05, 4.69) is 32.6 Å². The number of nitrogens with zero attached hydrogens (tertiary/aromatic N) is 3. The minimum Gasteiger partial charge on any atom is -0.334 e. The molecule has 2 aromatic carbocycles. The minimum absolute atomic E-state index is 0.0614. The van der Waals surface area contributed by atoms with Crippen LogP contribution in [0.2, 0.25) is 0 Å². The smallest absolute Gasteiger partial charge is 0.319 e. The van der Waals surface area contributed by atoms with Gasteiger partial charge in [0.05, 0.1) is 10.6 Å². The second kappa shape index (κ2) is 9.88. The standard InChI is InChI=1S/C23H19FN6O2S/c1-2-12-25-23(32)27-17-10-8-16(9-11-17)26-22(31)20-28-21(19-7-4-13-33-19)30(29-20)18-6-3-5-15(24)14-18/h2-11,13-14H,1,12H2,(H,26,31)(H2,25,27,32). The van der Waals surface area contributed by atoms with Crippen molar-refractivity contribution in [2.75, 3.05) is 17.2 Å². The molecule has 3 N–H and O–H groups in total. The van der Waals surface area contributed by atoms with Crippen LogP contribution < -0.4 is 16.0 Å². The van der Waals surface area contributed by atoms with Crippen LogP contribution in [0.3, 0.4) is 0 Å². The van der Waals surface area contributed by atoms with Crippen molar-refractivity contribution in [1.29, 1.82) is 0 Å². The Kier molecular flexibility index (Phi) is 6.56. The number of thiophene rings is 1. The fourth-order valence-electron chi connectivity index (χ4n) is 2.93. The summed E-state index contributed by atoms with van der Waals surface area (Å²) in [5.41, 5.74) is 1.51. The van der Waals surface area contributed by atoms with Crippen LogP contribution in [-0.2, 0) is 0 Å². The zero-order valence-corrected chi connectivity index (χ0v) is 18.1. The molecule has 0 bridgehead atoms. The Morgan fingerprint density at radius 1 is 1.06 bits per heavy atom. The van der Waals surface area contributed by atoms with Crippen LogP contribution in [0.25, 0.3) is 16.4 Å². The van der Waals surface area contributed by atoms with E-state index >= 15 is 0 Å². The number of carbonyl (C=O) groups is 2. The quantitative estimate of drug-likeness (QED) is 0.347. The van der Waals surface area contributed by atoms with Gasteiger partial charge >= 0.3 is 6.03 Å². The van der Waals surface area contributed by atoms with E-state index < -0.39 is 11.7 Å². The SMILES string of the molecule is C=CCNC(=O)Nc1ccc(NC(=O)c2nc(-c3cccs3)n(-c3cccc(F)c3)n2)cc1. The van der Waals surface area contributed by atoms with Gasteiger partial charge < -0.3 is 16.0 Å². The molecule has 4 rings (SSSR count). The molecule has 0 saturated carbocycles. The van der Waals surface area contributed by atoms with Gasteiger partial charge in [-0.15, -0.1) is 23.0 Å². The van der Waals surface area contributed by atoms with Gasteiger partial charge in [-0.3, -0.25) is 4.79 Å². The zero-order chi connectivity index (χ0) is 23.2. The Balaban J connectivity index is 1.53. The molecule has 3 amide bonds. The van der Waals surface area contributed by atoms with Crippen LogP contribution >= 0.6 is 11.3 Å². The van der Waals surface area contributed by atoms with Gasteiger partial charge in [0.15, 0.2) is 5.82 Å². The first-order valence-corrected chi connectivity index (χ1v) is 10.8. The lowest BCUT2D eigenvalue weighted by Crippen LogP contribution is -2.28. The second-order valence-electron chi connectivity index (χ2n) is 6.78. The first-order chi connectivity index (χ1) is 16.0. The second-order valence-corrected chi connectivity index (χ2v) is 7.73. The Bertz CT molecular complexity index is 1280. The lowest BCUT2D eigenvalue weighted by Gasteiger charge is -2.07. The monoisotopic (exact) mass is 462 g/mol. The van der Waals surface area contributed by atoms with Crippen molar-refractivity contribution in [2.24, 2.45) is 0 Å². The van der Waals surface area contributed by atoms with Crippen molar-refractivity contribution < 1.29 is 14.0 Å². The van der Waals surface area contributed by atoms with E-state index in [1.54, 1.807) is 42.5 Å². The molecule has 0 spiro atoms.